The molecule has 0 aliphatic rings. The largest absolute Gasteiger partial charge is 0.472 e. The molecule has 0 saturated heterocycles. The van der Waals surface area contributed by atoms with E-state index in [1.165, 1.54) is 135 Å². The number of esters is 1. The SMILES string of the molecule is CC/C=C\C/C=C\C/C=C\C/C=C\C/C=C\C/C=C\CCCCCCC(=O)OC(COCCCCCCCCCCCCCCCCCCCCCCCCC)COP(=O)(O)OCC[N+](C)(C)C. The number of hydrogen-bond donors (Lipinski definition) is 1. The van der Waals surface area contributed by atoms with Crippen LogP contribution in [0.5, 0.6) is 0 Å². The van der Waals surface area contributed by atoms with Gasteiger partial charge in [0.1, 0.15) is 19.3 Å². The minimum atomic E-state index is -4.29. The van der Waals surface area contributed by atoms with Crippen molar-refractivity contribution in [1.29, 1.82) is 0 Å². The summed E-state index contributed by atoms with van der Waals surface area (Å²) in [6.07, 6.45) is 68.2. The minimum Gasteiger partial charge on any atom is -0.457 e. The number of rotatable bonds is 52. The zero-order valence-electron chi connectivity index (χ0n) is 45.1. The molecule has 1 N–H and O–H groups in total. The molecular formula is C59H109NO7P+. The lowest BCUT2D eigenvalue weighted by molar-refractivity contribution is -0.870. The maximum atomic E-state index is 12.8. The summed E-state index contributed by atoms with van der Waals surface area (Å²) in [5.74, 6) is -0.336. The predicted octanol–water partition coefficient (Wildman–Crippen LogP) is 17.8. The molecule has 0 radical (unpaired) electrons. The molecule has 2 atom stereocenters. The van der Waals surface area contributed by atoms with Gasteiger partial charge in [-0.2, -0.15) is 0 Å². The number of nitrogens with zero attached hydrogens (tertiary/aromatic N) is 1. The van der Waals surface area contributed by atoms with E-state index in [4.69, 9.17) is 18.5 Å². The van der Waals surface area contributed by atoms with E-state index in [2.05, 4.69) is 86.8 Å². The monoisotopic (exact) mass is 975 g/mol. The van der Waals surface area contributed by atoms with Gasteiger partial charge in [-0.05, 0) is 64.2 Å². The van der Waals surface area contributed by atoms with Gasteiger partial charge in [0.25, 0.3) is 0 Å². The number of likely N-dealkylation sites (N-methyl/N-ethyl adjacent to an activating group) is 1. The van der Waals surface area contributed by atoms with Crippen molar-refractivity contribution in [2.75, 3.05) is 54.1 Å². The van der Waals surface area contributed by atoms with Crippen LogP contribution in [0, 0.1) is 0 Å². The maximum absolute atomic E-state index is 12.8. The van der Waals surface area contributed by atoms with Crippen LogP contribution in [0.3, 0.4) is 0 Å². The number of carbonyl (C=O) groups is 1. The van der Waals surface area contributed by atoms with E-state index in [1.54, 1.807) is 0 Å². The molecule has 0 aromatic rings. The van der Waals surface area contributed by atoms with Gasteiger partial charge in [0.2, 0.25) is 0 Å². The fourth-order valence-corrected chi connectivity index (χ4v) is 8.48. The van der Waals surface area contributed by atoms with Crippen molar-refractivity contribution in [1.82, 2.24) is 0 Å². The second-order valence-corrected chi connectivity index (χ2v) is 21.4. The molecule has 68 heavy (non-hydrogen) atoms. The Bertz CT molecular complexity index is 1320. The molecule has 396 valence electrons. The van der Waals surface area contributed by atoms with E-state index < -0.39 is 13.9 Å². The van der Waals surface area contributed by atoms with Gasteiger partial charge in [-0.3, -0.25) is 13.8 Å². The van der Waals surface area contributed by atoms with Crippen LogP contribution in [0.1, 0.15) is 239 Å². The van der Waals surface area contributed by atoms with Gasteiger partial charge in [0, 0.05) is 13.0 Å². The first-order valence-electron chi connectivity index (χ1n) is 28.2. The van der Waals surface area contributed by atoms with E-state index in [0.717, 1.165) is 83.5 Å². The lowest BCUT2D eigenvalue weighted by atomic mass is 10.0. The Hall–Kier alpha value is -2.06. The summed E-state index contributed by atoms with van der Waals surface area (Å²) in [5, 5.41) is 0. The molecule has 0 rings (SSSR count). The predicted molar refractivity (Wildman–Crippen MR) is 293 cm³/mol. The number of carbonyl (C=O) groups excluding carboxylic acids is 1. The number of phosphoric acid groups is 1. The third-order valence-corrected chi connectivity index (χ3v) is 13.0. The fraction of sp³-hybridized carbons (Fsp3) is 0.780. The van der Waals surface area contributed by atoms with Gasteiger partial charge in [0.15, 0.2) is 0 Å². The van der Waals surface area contributed by atoms with Crippen molar-refractivity contribution in [3.8, 4) is 0 Å². The van der Waals surface area contributed by atoms with Gasteiger partial charge in [-0.15, -0.1) is 0 Å². The second kappa shape index (κ2) is 51.3. The third kappa shape index (κ3) is 54.9. The van der Waals surface area contributed by atoms with E-state index in [1.807, 2.05) is 21.1 Å². The van der Waals surface area contributed by atoms with Crippen LogP contribution in [0.4, 0.5) is 0 Å². The first-order valence-corrected chi connectivity index (χ1v) is 29.7. The Morgan fingerprint density at radius 2 is 0.853 bits per heavy atom. The van der Waals surface area contributed by atoms with Crippen LogP contribution < -0.4 is 0 Å². The van der Waals surface area contributed by atoms with Crippen molar-refractivity contribution in [3.05, 3.63) is 72.9 Å². The molecule has 9 heteroatoms. The van der Waals surface area contributed by atoms with Crippen LogP contribution in [0.2, 0.25) is 0 Å². The molecule has 0 amide bonds. The molecule has 0 aromatic carbocycles. The first-order chi connectivity index (χ1) is 33.1. The van der Waals surface area contributed by atoms with Crippen molar-refractivity contribution in [2.24, 2.45) is 0 Å². The Balaban J connectivity index is 4.14. The zero-order chi connectivity index (χ0) is 49.8. The average molecular weight is 975 g/mol. The number of phosphoric ester groups is 1. The summed E-state index contributed by atoms with van der Waals surface area (Å²) < 4.78 is 35.2. The number of unbranched alkanes of at least 4 members (excludes halogenated alkanes) is 26. The van der Waals surface area contributed by atoms with Gasteiger partial charge >= 0.3 is 13.8 Å². The molecule has 0 aromatic heterocycles. The highest BCUT2D eigenvalue weighted by Crippen LogP contribution is 2.43. The Labute approximate surface area is 421 Å². The number of quaternary nitrogens is 1. The molecule has 0 fully saturated rings. The minimum absolute atomic E-state index is 0.0812. The van der Waals surface area contributed by atoms with E-state index in [9.17, 15) is 14.3 Å². The van der Waals surface area contributed by atoms with Gasteiger partial charge in [0.05, 0.1) is 34.4 Å². The molecule has 0 aliphatic heterocycles. The highest BCUT2D eigenvalue weighted by molar-refractivity contribution is 7.47. The van der Waals surface area contributed by atoms with Crippen molar-refractivity contribution in [3.63, 3.8) is 0 Å². The second-order valence-electron chi connectivity index (χ2n) is 19.9. The summed E-state index contributed by atoms with van der Waals surface area (Å²) in [6, 6.07) is 0. The van der Waals surface area contributed by atoms with E-state index in [0.29, 0.717) is 24.1 Å². The molecule has 0 aliphatic carbocycles. The molecule has 0 bridgehead atoms. The number of ether oxygens (including phenoxy) is 2. The Morgan fingerprint density at radius 3 is 1.28 bits per heavy atom. The van der Waals surface area contributed by atoms with E-state index in [-0.39, 0.29) is 25.8 Å². The van der Waals surface area contributed by atoms with Crippen molar-refractivity contribution < 1.29 is 37.3 Å². The van der Waals surface area contributed by atoms with Crippen LogP contribution in [-0.2, 0) is 27.9 Å². The van der Waals surface area contributed by atoms with Crippen LogP contribution >= 0.6 is 7.82 Å². The van der Waals surface area contributed by atoms with Gasteiger partial charge in [-0.1, -0.05) is 241 Å². The number of allylic oxidation sites excluding steroid dienone is 12. The maximum Gasteiger partial charge on any atom is 0.472 e. The lowest BCUT2D eigenvalue weighted by Crippen LogP contribution is -2.37. The molecule has 8 nitrogen and oxygen atoms in total. The molecular weight excluding hydrogens is 866 g/mol. The van der Waals surface area contributed by atoms with Gasteiger partial charge < -0.3 is 18.9 Å². The normalized spacial score (nSPS) is 14.0. The summed E-state index contributed by atoms with van der Waals surface area (Å²) in [5.41, 5.74) is 0. The smallest absolute Gasteiger partial charge is 0.457 e. The first kappa shape index (κ1) is 65.9. The van der Waals surface area contributed by atoms with Crippen molar-refractivity contribution in [2.45, 2.75) is 245 Å². The molecule has 2 unspecified atom stereocenters. The lowest BCUT2D eigenvalue weighted by Gasteiger charge is -2.24. The topological polar surface area (TPSA) is 91.3 Å². The average Bonchev–Trinajstić information content (AvgIpc) is 3.30. The van der Waals surface area contributed by atoms with Crippen LogP contribution in [0.25, 0.3) is 0 Å². The summed E-state index contributed by atoms with van der Waals surface area (Å²) in [4.78, 5) is 23.1. The molecule has 0 spiro atoms. The zero-order valence-corrected chi connectivity index (χ0v) is 46.0. The summed E-state index contributed by atoms with van der Waals surface area (Å²) in [7, 11) is 1.65. The van der Waals surface area contributed by atoms with Crippen LogP contribution in [0.15, 0.2) is 72.9 Å². The Morgan fingerprint density at radius 1 is 0.471 bits per heavy atom. The highest BCUT2D eigenvalue weighted by Gasteiger charge is 2.26. The fourth-order valence-electron chi connectivity index (χ4n) is 7.73. The molecule has 0 saturated carbocycles. The number of hydrogen-bond acceptors (Lipinski definition) is 6. The quantitative estimate of drug-likeness (QED) is 0.0213. The van der Waals surface area contributed by atoms with Gasteiger partial charge in [-0.25, -0.2) is 4.57 Å². The van der Waals surface area contributed by atoms with Crippen LogP contribution in [-0.4, -0.2) is 75.6 Å². The standard InChI is InChI=1S/C59H108NO7P/c1-6-8-10-12-14-16-18-20-22-24-26-28-30-32-34-36-38-40-42-44-46-48-50-52-59(61)67-58(57-66-68(62,63)65-55-53-60(3,4)5)56-64-54-51-49-47-45-43-41-39-37-35-33-31-29-27-25-23-21-19-17-15-13-11-9-7-2/h8,10,14,16,20,22,26,28,32,34,38,40,58H,6-7,9,11-13,15,17-19,21,23-25,27,29-31,33,35-37,39,41-57H2,1-5H3/p+1/b10-8-,16-14-,22-20-,28-26-,34-32-,40-38-. The summed E-state index contributed by atoms with van der Waals surface area (Å²) in [6.45, 7) is 5.50. The summed E-state index contributed by atoms with van der Waals surface area (Å²) >= 11 is 0. The molecule has 0 heterocycles. The van der Waals surface area contributed by atoms with E-state index >= 15 is 0 Å². The Kier molecular flexibility index (Phi) is 49.7. The van der Waals surface area contributed by atoms with Crippen molar-refractivity contribution >= 4 is 13.8 Å². The third-order valence-electron chi connectivity index (χ3n) is 12.0. The highest BCUT2D eigenvalue weighted by atomic mass is 31.2.